The predicted octanol–water partition coefficient (Wildman–Crippen LogP) is 4.58. The number of hydrogen-bond donors (Lipinski definition) is 1. The van der Waals surface area contributed by atoms with Gasteiger partial charge in [0, 0.05) is 22.0 Å². The van der Waals surface area contributed by atoms with E-state index < -0.39 is 0 Å². The SMILES string of the molecule is Cc1c(Cl)cccc1C(=O)NC(CCBr)C(C)(C)C. The highest BCUT2D eigenvalue weighted by molar-refractivity contribution is 9.09. The Morgan fingerprint density at radius 2 is 2.05 bits per heavy atom. The summed E-state index contributed by atoms with van der Waals surface area (Å²) in [7, 11) is 0. The molecule has 1 aromatic carbocycles. The molecule has 1 amide bonds. The predicted molar refractivity (Wildman–Crippen MR) is 85.3 cm³/mol. The summed E-state index contributed by atoms with van der Waals surface area (Å²) in [5, 5.41) is 4.60. The van der Waals surface area contributed by atoms with Gasteiger partial charge < -0.3 is 5.32 Å². The molecular weight excluding hydrogens is 326 g/mol. The maximum Gasteiger partial charge on any atom is 0.251 e. The Kier molecular flexibility index (Phi) is 5.87. The normalized spacial score (nSPS) is 13.2. The first-order valence-corrected chi connectivity index (χ1v) is 7.89. The molecule has 2 nitrogen and oxygen atoms in total. The fourth-order valence-corrected chi connectivity index (χ4v) is 2.55. The van der Waals surface area contributed by atoms with E-state index in [0.29, 0.717) is 10.6 Å². The quantitative estimate of drug-likeness (QED) is 0.794. The summed E-state index contributed by atoms with van der Waals surface area (Å²) in [5.41, 5.74) is 1.50. The fourth-order valence-electron chi connectivity index (χ4n) is 1.92. The average molecular weight is 347 g/mol. The third-order valence-corrected chi connectivity index (χ3v) is 4.13. The van der Waals surface area contributed by atoms with Crippen LogP contribution in [0.25, 0.3) is 0 Å². The Morgan fingerprint density at radius 3 is 2.58 bits per heavy atom. The van der Waals surface area contributed by atoms with Gasteiger partial charge in [-0.05, 0) is 36.5 Å². The van der Waals surface area contributed by atoms with Crippen LogP contribution in [-0.2, 0) is 0 Å². The monoisotopic (exact) mass is 345 g/mol. The molecule has 0 aromatic heterocycles. The molecule has 19 heavy (non-hydrogen) atoms. The summed E-state index contributed by atoms with van der Waals surface area (Å²) in [5.74, 6) is -0.0547. The van der Waals surface area contributed by atoms with E-state index in [4.69, 9.17) is 11.6 Å². The first kappa shape index (κ1) is 16.5. The van der Waals surface area contributed by atoms with Crippen LogP contribution < -0.4 is 5.32 Å². The highest BCUT2D eigenvalue weighted by atomic mass is 79.9. The maximum absolute atomic E-state index is 12.4. The van der Waals surface area contributed by atoms with Gasteiger partial charge >= 0.3 is 0 Å². The van der Waals surface area contributed by atoms with Crippen molar-refractivity contribution in [2.75, 3.05) is 5.33 Å². The molecule has 0 radical (unpaired) electrons. The molecule has 1 N–H and O–H groups in total. The minimum absolute atomic E-state index is 0.0237. The summed E-state index contributed by atoms with van der Waals surface area (Å²) >= 11 is 9.50. The van der Waals surface area contributed by atoms with Gasteiger partial charge in [0.2, 0.25) is 0 Å². The highest BCUT2D eigenvalue weighted by Crippen LogP contribution is 2.24. The van der Waals surface area contributed by atoms with E-state index in [1.165, 1.54) is 0 Å². The third-order valence-electron chi connectivity index (χ3n) is 3.26. The number of alkyl halides is 1. The highest BCUT2D eigenvalue weighted by Gasteiger charge is 2.26. The van der Waals surface area contributed by atoms with Crippen LogP contribution in [0.4, 0.5) is 0 Å². The van der Waals surface area contributed by atoms with Gasteiger partial charge in [-0.25, -0.2) is 0 Å². The Morgan fingerprint density at radius 1 is 1.42 bits per heavy atom. The van der Waals surface area contributed by atoms with Gasteiger partial charge in [-0.15, -0.1) is 0 Å². The van der Waals surface area contributed by atoms with Crippen LogP contribution in [0.1, 0.15) is 43.1 Å². The number of hydrogen-bond acceptors (Lipinski definition) is 1. The molecule has 0 spiro atoms. The van der Waals surface area contributed by atoms with Crippen molar-refractivity contribution in [1.82, 2.24) is 5.32 Å². The first-order valence-electron chi connectivity index (χ1n) is 6.39. The summed E-state index contributed by atoms with van der Waals surface area (Å²) < 4.78 is 0. The van der Waals surface area contributed by atoms with E-state index in [0.717, 1.165) is 17.3 Å². The number of rotatable bonds is 4. The van der Waals surface area contributed by atoms with Crippen LogP contribution in [0.2, 0.25) is 5.02 Å². The Bertz CT molecular complexity index is 454. The zero-order valence-electron chi connectivity index (χ0n) is 11.9. The van der Waals surface area contributed by atoms with Crippen LogP contribution in [-0.4, -0.2) is 17.3 Å². The van der Waals surface area contributed by atoms with E-state index in [2.05, 4.69) is 42.0 Å². The molecule has 0 aliphatic heterocycles. The summed E-state index contributed by atoms with van der Waals surface area (Å²) in [6, 6.07) is 5.54. The number of amides is 1. The largest absolute Gasteiger partial charge is 0.349 e. The van der Waals surface area contributed by atoms with Crippen molar-refractivity contribution in [3.05, 3.63) is 34.3 Å². The summed E-state index contributed by atoms with van der Waals surface area (Å²) in [6.45, 7) is 8.26. The zero-order valence-corrected chi connectivity index (χ0v) is 14.2. The topological polar surface area (TPSA) is 29.1 Å². The van der Waals surface area contributed by atoms with E-state index in [9.17, 15) is 4.79 Å². The minimum Gasteiger partial charge on any atom is -0.349 e. The Labute approximate surface area is 129 Å². The fraction of sp³-hybridized carbons (Fsp3) is 0.533. The summed E-state index contributed by atoms with van der Waals surface area (Å²) in [6.07, 6.45) is 0.898. The van der Waals surface area contributed by atoms with E-state index in [-0.39, 0.29) is 17.4 Å². The van der Waals surface area contributed by atoms with Gasteiger partial charge in [0.1, 0.15) is 0 Å². The van der Waals surface area contributed by atoms with Gasteiger partial charge in [0.25, 0.3) is 5.91 Å². The van der Waals surface area contributed by atoms with E-state index >= 15 is 0 Å². The van der Waals surface area contributed by atoms with Crippen LogP contribution in [0, 0.1) is 12.3 Å². The van der Waals surface area contributed by atoms with E-state index in [1.807, 2.05) is 13.0 Å². The maximum atomic E-state index is 12.4. The van der Waals surface area contributed by atoms with Crippen LogP contribution in [0.15, 0.2) is 18.2 Å². The number of nitrogens with one attached hydrogen (secondary N) is 1. The minimum atomic E-state index is -0.0547. The number of carbonyl (C=O) groups is 1. The second-order valence-corrected chi connectivity index (χ2v) is 6.98. The first-order chi connectivity index (χ1) is 8.77. The summed E-state index contributed by atoms with van der Waals surface area (Å²) in [4.78, 5) is 12.4. The lowest BCUT2D eigenvalue weighted by Gasteiger charge is -2.31. The lowest BCUT2D eigenvalue weighted by Crippen LogP contribution is -2.44. The van der Waals surface area contributed by atoms with Crippen LogP contribution in [0.3, 0.4) is 0 Å². The molecule has 0 heterocycles. The molecule has 1 atom stereocenters. The number of carbonyl (C=O) groups excluding carboxylic acids is 1. The van der Waals surface area contributed by atoms with E-state index in [1.54, 1.807) is 12.1 Å². The van der Waals surface area contributed by atoms with Crippen LogP contribution in [0.5, 0.6) is 0 Å². The van der Waals surface area contributed by atoms with Crippen molar-refractivity contribution in [1.29, 1.82) is 0 Å². The molecule has 0 aliphatic rings. The standard InChI is InChI=1S/C15H21BrClNO/c1-10-11(6-5-7-12(10)17)14(19)18-13(8-9-16)15(2,3)4/h5-7,13H,8-9H2,1-4H3,(H,18,19). The number of halogens is 2. The third kappa shape index (κ3) is 4.50. The molecule has 1 unspecified atom stereocenters. The zero-order chi connectivity index (χ0) is 14.6. The smallest absolute Gasteiger partial charge is 0.251 e. The molecule has 1 aromatic rings. The number of benzene rings is 1. The molecular formula is C15H21BrClNO. The lowest BCUT2D eigenvalue weighted by atomic mass is 9.85. The van der Waals surface area contributed by atoms with Gasteiger partial charge in [-0.1, -0.05) is 54.4 Å². The Balaban J connectivity index is 2.91. The second-order valence-electron chi connectivity index (χ2n) is 5.78. The molecule has 0 fully saturated rings. The molecule has 1 rings (SSSR count). The van der Waals surface area contributed by atoms with Gasteiger partial charge in [-0.3, -0.25) is 4.79 Å². The van der Waals surface area contributed by atoms with Crippen molar-refractivity contribution < 1.29 is 4.79 Å². The van der Waals surface area contributed by atoms with Crippen molar-refractivity contribution in [3.63, 3.8) is 0 Å². The molecule has 106 valence electrons. The second kappa shape index (κ2) is 6.76. The Hall–Kier alpha value is -0.540. The van der Waals surface area contributed by atoms with Crippen LogP contribution >= 0.6 is 27.5 Å². The molecule has 0 aliphatic carbocycles. The molecule has 4 heteroatoms. The van der Waals surface area contributed by atoms with Gasteiger partial charge in [0.15, 0.2) is 0 Å². The average Bonchev–Trinajstić information content (AvgIpc) is 2.30. The lowest BCUT2D eigenvalue weighted by molar-refractivity contribution is 0.0900. The molecule has 0 saturated carbocycles. The van der Waals surface area contributed by atoms with Crippen molar-refractivity contribution in [2.24, 2.45) is 5.41 Å². The van der Waals surface area contributed by atoms with Crippen molar-refractivity contribution >= 4 is 33.4 Å². The molecule has 0 bridgehead atoms. The molecule has 0 saturated heterocycles. The van der Waals surface area contributed by atoms with Gasteiger partial charge in [0.05, 0.1) is 0 Å². The van der Waals surface area contributed by atoms with Crippen molar-refractivity contribution in [3.8, 4) is 0 Å². The van der Waals surface area contributed by atoms with Crippen molar-refractivity contribution in [2.45, 2.75) is 40.2 Å². The van der Waals surface area contributed by atoms with Gasteiger partial charge in [-0.2, -0.15) is 0 Å².